The number of aromatic nitrogens is 1. The van der Waals surface area contributed by atoms with Gasteiger partial charge >= 0.3 is 0 Å². The van der Waals surface area contributed by atoms with Crippen LogP contribution in [0.4, 0.5) is 5.69 Å². The van der Waals surface area contributed by atoms with Crippen LogP contribution in [0, 0.1) is 6.92 Å². The van der Waals surface area contributed by atoms with Crippen molar-refractivity contribution in [1.82, 2.24) is 4.98 Å². The predicted octanol–water partition coefficient (Wildman–Crippen LogP) is 4.26. The molecule has 0 saturated heterocycles. The lowest BCUT2D eigenvalue weighted by atomic mass is 10.1. The first-order chi connectivity index (χ1) is 10.1. The molecule has 1 aromatic carbocycles. The Balaban J connectivity index is 1.76. The van der Waals surface area contributed by atoms with Crippen molar-refractivity contribution in [3.63, 3.8) is 0 Å². The minimum atomic E-state index is -0.236. The summed E-state index contributed by atoms with van der Waals surface area (Å²) in [4.78, 5) is 16.3. The number of nitrogens with one attached hydrogen (secondary N) is 1. The highest BCUT2D eigenvalue weighted by Crippen LogP contribution is 2.22. The normalized spacial score (nSPS) is 10.6. The van der Waals surface area contributed by atoms with Crippen molar-refractivity contribution in [1.29, 1.82) is 0 Å². The zero-order valence-electron chi connectivity index (χ0n) is 11.1. The van der Waals surface area contributed by atoms with Crippen LogP contribution >= 0.6 is 15.9 Å². The summed E-state index contributed by atoms with van der Waals surface area (Å²) in [5, 5.41) is 2.80. The number of carbonyl (C=O) groups excluding carboxylic acids is 1. The summed E-state index contributed by atoms with van der Waals surface area (Å²) in [5.41, 5.74) is 2.83. The molecule has 1 N–H and O–H groups in total. The second-order valence-corrected chi connectivity index (χ2v) is 5.11. The van der Waals surface area contributed by atoms with Crippen molar-refractivity contribution in [3.05, 3.63) is 59.0 Å². The first-order valence-corrected chi connectivity index (χ1v) is 7.00. The summed E-state index contributed by atoms with van der Waals surface area (Å²) >= 11 is 3.18. The van der Waals surface area contributed by atoms with Gasteiger partial charge in [0.25, 0.3) is 5.91 Å². The Hall–Kier alpha value is -2.34. The molecule has 21 heavy (non-hydrogen) atoms. The Morgan fingerprint density at radius 2 is 1.95 bits per heavy atom. The van der Waals surface area contributed by atoms with E-state index in [0.29, 0.717) is 21.8 Å². The minimum absolute atomic E-state index is 0.236. The second kappa shape index (κ2) is 5.57. The first kappa shape index (κ1) is 13.6. The van der Waals surface area contributed by atoms with Crippen LogP contribution in [-0.2, 0) is 0 Å². The van der Waals surface area contributed by atoms with E-state index in [9.17, 15) is 4.79 Å². The Kier molecular flexibility index (Phi) is 3.62. The van der Waals surface area contributed by atoms with Crippen LogP contribution in [0.2, 0.25) is 0 Å². The fourth-order valence-corrected chi connectivity index (χ4v) is 2.29. The number of rotatable bonds is 3. The molecule has 0 fully saturated rings. The number of halogens is 1. The number of nitrogens with zero attached hydrogens (tertiary/aromatic N) is 1. The van der Waals surface area contributed by atoms with Crippen LogP contribution in [0.1, 0.15) is 16.2 Å². The molecule has 0 atom stereocenters. The third-order valence-corrected chi connectivity index (χ3v) is 3.53. The highest BCUT2D eigenvalue weighted by atomic mass is 79.9. The van der Waals surface area contributed by atoms with Gasteiger partial charge in [-0.2, -0.15) is 0 Å². The molecule has 3 aromatic rings. The molecule has 1 amide bonds. The van der Waals surface area contributed by atoms with E-state index >= 15 is 0 Å². The lowest BCUT2D eigenvalue weighted by Crippen LogP contribution is -2.11. The summed E-state index contributed by atoms with van der Waals surface area (Å²) in [6, 6.07) is 8.97. The van der Waals surface area contributed by atoms with E-state index < -0.39 is 0 Å². The third kappa shape index (κ3) is 2.90. The lowest BCUT2D eigenvalue weighted by molar-refractivity contribution is 0.102. The van der Waals surface area contributed by atoms with E-state index in [1.807, 2.05) is 24.3 Å². The molecule has 5 nitrogen and oxygen atoms in total. The monoisotopic (exact) mass is 346 g/mol. The molecule has 106 valence electrons. The quantitative estimate of drug-likeness (QED) is 0.769. The second-order valence-electron chi connectivity index (χ2n) is 4.39. The molecule has 0 saturated carbocycles. The molecule has 2 heterocycles. The van der Waals surface area contributed by atoms with Crippen molar-refractivity contribution in [2.45, 2.75) is 6.92 Å². The Morgan fingerprint density at radius 1 is 1.19 bits per heavy atom. The van der Waals surface area contributed by atoms with Gasteiger partial charge in [-0.1, -0.05) is 12.1 Å². The number of hydrogen-bond acceptors (Lipinski definition) is 4. The molecular formula is C15H11BrN2O3. The van der Waals surface area contributed by atoms with E-state index in [4.69, 9.17) is 8.83 Å². The largest absolute Gasteiger partial charge is 0.457 e. The molecule has 0 bridgehead atoms. The molecule has 0 aliphatic carbocycles. The van der Waals surface area contributed by atoms with E-state index in [2.05, 4.69) is 26.2 Å². The molecule has 0 aliphatic heterocycles. The van der Waals surface area contributed by atoms with Crippen LogP contribution in [-0.4, -0.2) is 10.9 Å². The average Bonchev–Trinajstić information content (AvgIpc) is 3.08. The number of anilines is 1. The zero-order valence-corrected chi connectivity index (χ0v) is 12.7. The summed E-state index contributed by atoms with van der Waals surface area (Å²) < 4.78 is 10.6. The Labute approximate surface area is 129 Å². The smallest absolute Gasteiger partial charge is 0.260 e. The van der Waals surface area contributed by atoms with E-state index in [0.717, 1.165) is 11.3 Å². The molecule has 6 heteroatoms. The number of furan rings is 1. The van der Waals surface area contributed by atoms with Gasteiger partial charge in [0.2, 0.25) is 0 Å². The molecule has 0 unspecified atom stereocenters. The Bertz CT molecular complexity index is 774. The predicted molar refractivity (Wildman–Crippen MR) is 81.0 cm³/mol. The molecular weight excluding hydrogens is 336 g/mol. The van der Waals surface area contributed by atoms with E-state index in [1.165, 1.54) is 6.26 Å². The number of aryl methyl sites for hydroxylation is 1. The highest BCUT2D eigenvalue weighted by molar-refractivity contribution is 9.10. The fraction of sp³-hybridized carbons (Fsp3) is 0.0667. The molecule has 0 aliphatic rings. The SMILES string of the molecule is Cc1nc(-c2ccc(NC(=O)c3ccoc3Br)cc2)co1. The van der Waals surface area contributed by atoms with Crippen LogP contribution in [0.5, 0.6) is 0 Å². The van der Waals surface area contributed by atoms with Gasteiger partial charge in [0.1, 0.15) is 12.0 Å². The van der Waals surface area contributed by atoms with Crippen LogP contribution in [0.3, 0.4) is 0 Å². The average molecular weight is 347 g/mol. The number of hydrogen-bond donors (Lipinski definition) is 1. The topological polar surface area (TPSA) is 68.3 Å². The minimum Gasteiger partial charge on any atom is -0.457 e. The summed E-state index contributed by atoms with van der Waals surface area (Å²) in [6.07, 6.45) is 3.06. The van der Waals surface area contributed by atoms with Crippen LogP contribution in [0.15, 0.2) is 56.4 Å². The van der Waals surface area contributed by atoms with Gasteiger partial charge in [0.05, 0.1) is 11.8 Å². The standard InChI is InChI=1S/C15H11BrN2O3/c1-9-17-13(8-21-9)10-2-4-11(5-3-10)18-15(19)12-6-7-20-14(12)16/h2-8H,1H3,(H,18,19). The number of amides is 1. The van der Waals surface area contributed by atoms with Crippen molar-refractivity contribution >= 4 is 27.5 Å². The zero-order chi connectivity index (χ0) is 14.8. The van der Waals surface area contributed by atoms with Gasteiger partial charge in [-0.3, -0.25) is 4.79 Å². The maximum atomic E-state index is 12.0. The van der Waals surface area contributed by atoms with Gasteiger partial charge in [-0.05, 0) is 34.1 Å². The third-order valence-electron chi connectivity index (χ3n) is 2.92. The number of benzene rings is 1. The highest BCUT2D eigenvalue weighted by Gasteiger charge is 2.12. The van der Waals surface area contributed by atoms with E-state index in [-0.39, 0.29) is 5.91 Å². The first-order valence-electron chi connectivity index (χ1n) is 6.20. The van der Waals surface area contributed by atoms with Crippen molar-refractivity contribution in [2.75, 3.05) is 5.32 Å². The summed E-state index contributed by atoms with van der Waals surface area (Å²) in [5.74, 6) is 0.382. The molecule has 2 aromatic heterocycles. The Morgan fingerprint density at radius 3 is 2.52 bits per heavy atom. The van der Waals surface area contributed by atoms with Crippen molar-refractivity contribution in [2.24, 2.45) is 0 Å². The van der Waals surface area contributed by atoms with Gasteiger partial charge in [-0.25, -0.2) is 4.98 Å². The van der Waals surface area contributed by atoms with Gasteiger partial charge in [0.15, 0.2) is 10.6 Å². The van der Waals surface area contributed by atoms with Gasteiger partial charge in [-0.15, -0.1) is 0 Å². The molecule has 0 radical (unpaired) electrons. The van der Waals surface area contributed by atoms with Crippen molar-refractivity contribution in [3.8, 4) is 11.3 Å². The summed E-state index contributed by atoms with van der Waals surface area (Å²) in [7, 11) is 0. The van der Waals surface area contributed by atoms with Crippen LogP contribution in [0.25, 0.3) is 11.3 Å². The maximum absolute atomic E-state index is 12.0. The fourth-order valence-electron chi connectivity index (χ4n) is 1.87. The van der Waals surface area contributed by atoms with Crippen molar-refractivity contribution < 1.29 is 13.6 Å². The van der Waals surface area contributed by atoms with Gasteiger partial charge < -0.3 is 14.2 Å². The molecule has 0 spiro atoms. The number of carbonyl (C=O) groups is 1. The van der Waals surface area contributed by atoms with Crippen LogP contribution < -0.4 is 5.32 Å². The number of oxazole rings is 1. The maximum Gasteiger partial charge on any atom is 0.260 e. The lowest BCUT2D eigenvalue weighted by Gasteiger charge is -2.04. The van der Waals surface area contributed by atoms with E-state index in [1.54, 1.807) is 19.3 Å². The molecule has 3 rings (SSSR count). The van der Waals surface area contributed by atoms with Gasteiger partial charge in [0, 0.05) is 18.2 Å². The summed E-state index contributed by atoms with van der Waals surface area (Å²) in [6.45, 7) is 1.79.